The Kier molecular flexibility index (Phi) is 2.25. The van der Waals surface area contributed by atoms with Crippen molar-refractivity contribution in [2.75, 3.05) is 32.3 Å². The van der Waals surface area contributed by atoms with E-state index in [-0.39, 0.29) is 0 Å². The van der Waals surface area contributed by atoms with Crippen molar-refractivity contribution in [3.8, 4) is 0 Å². The number of fused-ring (bicyclic) bond motifs is 11. The number of hydrogen-bond donors (Lipinski definition) is 2. The zero-order valence-corrected chi connectivity index (χ0v) is 31.1. The van der Waals surface area contributed by atoms with E-state index in [0.29, 0.717) is 27.8 Å². The van der Waals surface area contributed by atoms with Crippen LogP contribution in [0.15, 0.2) is 60.7 Å². The molecule has 4 bridgehead atoms. The second-order valence-electron chi connectivity index (χ2n) is 22.5. The van der Waals surface area contributed by atoms with E-state index in [9.17, 15) is 0 Å². The topological polar surface area (TPSA) is 24.1 Å². The van der Waals surface area contributed by atoms with Crippen LogP contribution in [0, 0.1) is 40.9 Å². The second kappa shape index (κ2) is 4.25. The Labute approximate surface area is 275 Å². The average molecular weight is 703 g/mol. The summed E-state index contributed by atoms with van der Waals surface area (Å²) in [6, 6.07) is 25.8. The molecular weight excluding hydrogens is 650 g/mol. The number of hydrogen-bond acceptors (Lipinski definition) is 2. The summed E-state index contributed by atoms with van der Waals surface area (Å²) in [6.45, 7) is 0.425. The zero-order valence-electron chi connectivity index (χ0n) is 27.7. The summed E-state index contributed by atoms with van der Waals surface area (Å²) in [4.78, 5) is 7.24. The molecule has 0 radical (unpaired) electrons. The zero-order chi connectivity index (χ0) is 30.4. The van der Waals surface area contributed by atoms with Gasteiger partial charge in [0.05, 0.1) is 0 Å². The van der Waals surface area contributed by atoms with Gasteiger partial charge in [0.2, 0.25) is 0 Å². The molecule has 2 aromatic carbocycles. The summed E-state index contributed by atoms with van der Waals surface area (Å²) in [7, 11) is 7.72. The van der Waals surface area contributed by atoms with Gasteiger partial charge in [-0.2, -0.15) is 0 Å². The Morgan fingerprint density at radius 1 is 0.702 bits per heavy atom. The third-order valence-electron chi connectivity index (χ3n) is 27.2. The summed E-state index contributed by atoms with van der Waals surface area (Å²) in [5, 5.41) is 8.50. The van der Waals surface area contributed by atoms with Crippen molar-refractivity contribution < 1.29 is 6.51 Å². The third-order valence-corrected chi connectivity index (χ3v) is 73.6. The van der Waals surface area contributed by atoms with Crippen LogP contribution >= 0.6 is 18.5 Å². The van der Waals surface area contributed by atoms with Gasteiger partial charge in [-0.25, -0.2) is 0 Å². The maximum absolute atomic E-state index is 4.70. The molecule has 0 aromatic heterocycles. The van der Waals surface area contributed by atoms with Crippen molar-refractivity contribution in [2.24, 2.45) is 40.9 Å². The molecule has 9 unspecified atom stereocenters. The second-order valence-corrected chi connectivity index (χ2v) is 46.4. The van der Waals surface area contributed by atoms with E-state index in [1.165, 1.54) is 69.3 Å². The Morgan fingerprint density at radius 3 is 1.66 bits per heavy atom. The standard InChI is InChI=1S/C37H47N2P2.C5H5.Fe/c40-23-36(30-16-24-15-25(18-30)19-31(36)17-24)35-33(37(41,28-11-13-38-21-28)29-12-14-39-22-29)20-32(26-7-3-1-4-8-26)34(35)27-9-5-2-6-10-27;1-2-4-5-3-1;/h1-10,20,24-25,28-31,38-39H,11-19,21-23,40-41H2;1-5H;. The molecule has 12 heterocycles. The Hall–Kier alpha value is -0.261. The molecule has 9 atom stereocenters. The minimum atomic E-state index is -4.70. The first kappa shape index (κ1) is 24.8. The van der Waals surface area contributed by atoms with E-state index in [1.807, 2.05) is 11.1 Å². The monoisotopic (exact) mass is 702 g/mol. The van der Waals surface area contributed by atoms with E-state index >= 15 is 0 Å². The van der Waals surface area contributed by atoms with Gasteiger partial charge in [0.25, 0.3) is 0 Å². The van der Waals surface area contributed by atoms with E-state index in [1.54, 1.807) is 32.1 Å². The molecule has 47 heavy (non-hydrogen) atoms. The van der Waals surface area contributed by atoms with Gasteiger partial charge in [-0.1, -0.05) is 0 Å². The molecule has 16 aliphatic rings. The number of nitrogens with one attached hydrogen (secondary N) is 2. The van der Waals surface area contributed by atoms with Crippen molar-refractivity contribution in [3.63, 3.8) is 0 Å². The van der Waals surface area contributed by atoms with E-state index in [0.717, 1.165) is 40.3 Å². The van der Waals surface area contributed by atoms with Gasteiger partial charge in [0.1, 0.15) is 0 Å². The first-order valence-electron chi connectivity index (χ1n) is 20.1. The molecule has 12 saturated heterocycles. The van der Waals surface area contributed by atoms with Gasteiger partial charge in [0, 0.05) is 0 Å². The van der Waals surface area contributed by atoms with Gasteiger partial charge in [-0.15, -0.1) is 0 Å². The molecule has 16 fully saturated rings. The fourth-order valence-electron chi connectivity index (χ4n) is 31.0. The van der Waals surface area contributed by atoms with Crippen molar-refractivity contribution in [2.45, 2.75) is 96.3 Å². The molecule has 12 aliphatic heterocycles. The van der Waals surface area contributed by atoms with Gasteiger partial charge in [-0.05, 0) is 0 Å². The van der Waals surface area contributed by atoms with Gasteiger partial charge < -0.3 is 0 Å². The molecule has 2 N–H and O–H groups in total. The first-order chi connectivity index (χ1) is 22.9. The van der Waals surface area contributed by atoms with Gasteiger partial charge in [0.15, 0.2) is 0 Å². The summed E-state index contributed by atoms with van der Waals surface area (Å²) in [6.07, 6.45) is 12.3. The molecule has 0 amide bonds. The van der Waals surface area contributed by atoms with Crippen LogP contribution < -0.4 is 10.6 Å². The minimum absolute atomic E-state index is 0.426. The molecule has 5 heteroatoms. The number of rotatable bonds is 7. The van der Waals surface area contributed by atoms with Crippen molar-refractivity contribution in [1.29, 1.82) is 0 Å². The van der Waals surface area contributed by atoms with Crippen LogP contribution in [-0.4, -0.2) is 37.5 Å². The molecule has 1 spiro atoms. The van der Waals surface area contributed by atoms with E-state index < -0.39 is 6.51 Å². The van der Waals surface area contributed by atoms with Crippen LogP contribution in [0.2, 0.25) is 37.5 Å². The van der Waals surface area contributed by atoms with Crippen LogP contribution in [0.3, 0.4) is 0 Å². The van der Waals surface area contributed by atoms with Crippen molar-refractivity contribution in [1.82, 2.24) is 10.6 Å². The molecule has 4 aliphatic carbocycles. The molecule has 248 valence electrons. The normalized spacial score (nSPS) is 76.6. The average Bonchev–Trinajstić information content (AvgIpc) is 3.87. The van der Waals surface area contributed by atoms with Crippen LogP contribution in [-0.2, 0) is 15.1 Å². The predicted octanol–water partition coefficient (Wildman–Crippen LogP) is 8.48. The van der Waals surface area contributed by atoms with Crippen molar-refractivity contribution >= 4 is 18.5 Å². The summed E-state index contributed by atoms with van der Waals surface area (Å²) in [5.41, 5.74) is 4.43. The van der Waals surface area contributed by atoms with E-state index in [2.05, 4.69) is 89.8 Å². The SMILES string of the molecule is PCC1([C]23[C]4(c5ccccc5)[C]5(c6ccccc6)[CH]6[C]2(C(P)(C2CCNC2)C2CCNC2)[Fe]65432789[CH]3[CH]2[CH]7[CH]8[CH]39)C2CC3CC(C2)CC1C3. The van der Waals surface area contributed by atoms with Gasteiger partial charge >= 0.3 is 277 Å². The quantitative estimate of drug-likeness (QED) is 0.224. The van der Waals surface area contributed by atoms with E-state index in [4.69, 9.17) is 0 Å². The third kappa shape index (κ3) is 0.669. The summed E-state index contributed by atoms with van der Waals surface area (Å²) < 4.78 is 2.51. The Morgan fingerprint density at radius 2 is 1.21 bits per heavy atom. The van der Waals surface area contributed by atoms with Crippen LogP contribution in [0.4, 0.5) is 0 Å². The van der Waals surface area contributed by atoms with Crippen LogP contribution in [0.5, 0.6) is 0 Å². The number of benzene rings is 2. The summed E-state index contributed by atoms with van der Waals surface area (Å²) in [5.74, 6) is 5.85. The van der Waals surface area contributed by atoms with Gasteiger partial charge in [-0.3, -0.25) is 0 Å². The van der Waals surface area contributed by atoms with Crippen LogP contribution in [0.1, 0.15) is 56.1 Å². The fourth-order valence-corrected chi connectivity index (χ4v) is 118. The summed E-state index contributed by atoms with van der Waals surface area (Å²) >= 11 is 0. The molecule has 4 saturated carbocycles. The molecule has 2 nitrogen and oxygen atoms in total. The Bertz CT molecular complexity index is 2270. The maximum atomic E-state index is 4.08. The fraction of sp³-hybridized carbons (Fsp3) is 0.714. The first-order valence-corrected chi connectivity index (χ1v) is 27.5. The van der Waals surface area contributed by atoms with Crippen molar-refractivity contribution in [3.05, 3.63) is 71.8 Å². The molecular formula is C42H52FeN2P2. The predicted molar refractivity (Wildman–Crippen MR) is 193 cm³/mol. The molecule has 18 rings (SSSR count). The van der Waals surface area contributed by atoms with Crippen LogP contribution in [0.25, 0.3) is 0 Å². The Balaban J connectivity index is 1.11. The molecule has 2 aromatic rings.